The van der Waals surface area contributed by atoms with Gasteiger partial charge in [-0.05, 0) is 99.2 Å². The Morgan fingerprint density at radius 2 is 2.06 bits per heavy atom. The number of nitrogens with zero attached hydrogens (tertiary/aromatic N) is 4. The summed E-state index contributed by atoms with van der Waals surface area (Å²) in [6.07, 6.45) is 11.8. The number of aromatic nitrogens is 2. The minimum absolute atomic E-state index is 0.158. The van der Waals surface area contributed by atoms with Gasteiger partial charge in [-0.25, -0.2) is 4.79 Å². The van der Waals surface area contributed by atoms with E-state index >= 15 is 0 Å². The Balaban J connectivity index is 1.24. The van der Waals surface area contributed by atoms with E-state index in [4.69, 9.17) is 25.8 Å². The maximum Gasteiger partial charge on any atom is 0.326 e. The number of amides is 4. The molecule has 0 radical (unpaired) electrons. The van der Waals surface area contributed by atoms with Crippen LogP contribution < -0.4 is 20.3 Å². The van der Waals surface area contributed by atoms with Crippen LogP contribution in [0, 0.1) is 11.8 Å². The van der Waals surface area contributed by atoms with Crippen LogP contribution >= 0.6 is 11.6 Å². The molecule has 1 fully saturated rings. The molecule has 0 unspecified atom stereocenters. The molecule has 2 aromatic carbocycles. The third kappa shape index (κ3) is 8.22. The topological polar surface area (TPSA) is 136 Å². The van der Waals surface area contributed by atoms with Crippen LogP contribution in [0.5, 0.6) is 5.75 Å². The van der Waals surface area contributed by atoms with Crippen LogP contribution in [0.15, 0.2) is 65.3 Å². The van der Waals surface area contributed by atoms with Crippen LogP contribution in [-0.2, 0) is 45.6 Å². The summed E-state index contributed by atoms with van der Waals surface area (Å²) in [4.78, 5) is 40.4. The standard InChI is InChI=1S/C38H45ClN6O6S/c1-37(2,35(47)43-52)51-16-6-8-32(49-4)29-12-9-26(29)20-45-22-38(15-5-7-24-17-27(39)11-13-30(24)38)23-50-33-14-10-25(18-31(33)45)34(46)42-36(48)41-28-19-40-44(3)21-28/h6,8,10-11,13-14,17-19,21,26,29,32H,5,7,9,12,15-16,20,22-23H2,1-4H3,(H2,41,42,46,48)/b8-6+/t26-,29+,32-,38-/m0/s1. The van der Waals surface area contributed by atoms with E-state index in [0.29, 0.717) is 36.7 Å². The van der Waals surface area contributed by atoms with Gasteiger partial charge >= 0.3 is 6.03 Å². The predicted octanol–water partition coefficient (Wildman–Crippen LogP) is 6.16. The fraction of sp³-hybridized carbons (Fsp3) is 0.474. The molecule has 3 aromatic rings. The second kappa shape index (κ2) is 15.8. The van der Waals surface area contributed by atoms with Crippen molar-refractivity contribution < 1.29 is 28.6 Å². The summed E-state index contributed by atoms with van der Waals surface area (Å²) in [5.74, 6) is 0.192. The minimum atomic E-state index is -1.10. The largest absolute Gasteiger partial charge is 0.490 e. The number of fused-ring (bicyclic) bond motifs is 3. The van der Waals surface area contributed by atoms with Crippen molar-refractivity contribution in [3.8, 4) is 5.75 Å². The predicted molar refractivity (Wildman–Crippen MR) is 201 cm³/mol. The number of carbonyl (C=O) groups is 3. The van der Waals surface area contributed by atoms with Crippen molar-refractivity contribution in [2.24, 2.45) is 23.2 Å². The minimum Gasteiger partial charge on any atom is -0.490 e. The fourth-order valence-electron chi connectivity index (χ4n) is 7.63. The molecular formula is C38H45ClN6O6S. The molecule has 1 spiro atoms. The van der Waals surface area contributed by atoms with Gasteiger partial charge in [0.25, 0.3) is 11.8 Å². The SMILES string of the molecule is CO[C@@H](/C=C/COC(C)(C)C(=O)N=S)[C@@H]1CC[C@H]1CN1C[C@@]2(CCCc3cc(Cl)ccc32)COc2ccc(C(=O)NC(=O)Nc3cnn(C)c3)cc21. The molecule has 3 aliphatic rings. The molecule has 1 saturated carbocycles. The first-order chi connectivity index (χ1) is 24.9. The van der Waals surface area contributed by atoms with Crippen LogP contribution in [0.1, 0.15) is 61.0 Å². The lowest BCUT2D eigenvalue weighted by atomic mass is 9.68. The number of anilines is 2. The van der Waals surface area contributed by atoms with Crippen LogP contribution in [0.25, 0.3) is 0 Å². The van der Waals surface area contributed by atoms with Crippen LogP contribution in [0.3, 0.4) is 0 Å². The number of methoxy groups -OCH3 is 1. The summed E-state index contributed by atoms with van der Waals surface area (Å²) in [5, 5.41) is 9.86. The number of ether oxygens (including phenoxy) is 3. The molecule has 2 N–H and O–H groups in total. The van der Waals surface area contributed by atoms with E-state index in [1.807, 2.05) is 30.4 Å². The van der Waals surface area contributed by atoms with Crippen molar-refractivity contribution in [3.05, 3.63) is 82.7 Å². The summed E-state index contributed by atoms with van der Waals surface area (Å²) in [5.41, 5.74) is 2.72. The number of hydrogen-bond acceptors (Lipinski definition) is 9. The summed E-state index contributed by atoms with van der Waals surface area (Å²) in [6, 6.07) is 10.9. The van der Waals surface area contributed by atoms with Crippen molar-refractivity contribution >= 4 is 53.2 Å². The second-order valence-corrected chi connectivity index (χ2v) is 15.1. The van der Waals surface area contributed by atoms with Gasteiger partial charge in [0.1, 0.15) is 11.4 Å². The number of benzene rings is 2. The van der Waals surface area contributed by atoms with E-state index < -0.39 is 23.4 Å². The van der Waals surface area contributed by atoms with Gasteiger partial charge in [-0.15, -0.1) is 4.36 Å². The van der Waals surface area contributed by atoms with Crippen molar-refractivity contribution in [2.75, 3.05) is 43.6 Å². The molecule has 0 saturated heterocycles. The monoisotopic (exact) mass is 748 g/mol. The highest BCUT2D eigenvalue weighted by molar-refractivity contribution is 7.47. The van der Waals surface area contributed by atoms with E-state index in [0.717, 1.165) is 42.8 Å². The Morgan fingerprint density at radius 3 is 2.77 bits per heavy atom. The Kier molecular flexibility index (Phi) is 11.4. The third-order valence-electron chi connectivity index (χ3n) is 10.6. The highest BCUT2D eigenvalue weighted by Gasteiger charge is 2.44. The molecular weight excluding hydrogens is 704 g/mol. The van der Waals surface area contributed by atoms with Crippen LogP contribution in [-0.4, -0.2) is 72.7 Å². The Labute approximate surface area is 314 Å². The Hall–Kier alpha value is -4.17. The van der Waals surface area contributed by atoms with E-state index in [-0.39, 0.29) is 30.0 Å². The first-order valence-corrected chi connectivity index (χ1v) is 18.3. The Bertz CT molecular complexity index is 1860. The summed E-state index contributed by atoms with van der Waals surface area (Å²) in [7, 11) is 3.45. The first kappa shape index (κ1) is 37.6. The molecule has 4 atom stereocenters. The summed E-state index contributed by atoms with van der Waals surface area (Å²) in [6.45, 7) is 5.40. The lowest BCUT2D eigenvalue weighted by Gasteiger charge is -2.46. The smallest absolute Gasteiger partial charge is 0.326 e. The summed E-state index contributed by atoms with van der Waals surface area (Å²) >= 11 is 11.0. The molecule has 1 aromatic heterocycles. The van der Waals surface area contributed by atoms with Crippen LogP contribution in [0.2, 0.25) is 5.02 Å². The average Bonchev–Trinajstić information content (AvgIpc) is 3.45. The second-order valence-electron chi connectivity index (χ2n) is 14.4. The molecule has 4 amide bonds. The average molecular weight is 749 g/mol. The quantitative estimate of drug-likeness (QED) is 0.221. The number of nitrogens with one attached hydrogen (secondary N) is 2. The zero-order chi connectivity index (χ0) is 37.0. The van der Waals surface area contributed by atoms with Gasteiger partial charge in [-0.2, -0.15) is 5.10 Å². The number of carbonyl (C=O) groups excluding carboxylic acids is 3. The van der Waals surface area contributed by atoms with Crippen molar-refractivity contribution in [1.29, 1.82) is 0 Å². The zero-order valence-electron chi connectivity index (χ0n) is 29.9. The van der Waals surface area contributed by atoms with E-state index in [2.05, 4.69) is 49.6 Å². The number of aryl methyl sites for hydroxylation is 2. The number of urea groups is 1. The van der Waals surface area contributed by atoms with Crippen molar-refractivity contribution in [2.45, 2.75) is 63.1 Å². The van der Waals surface area contributed by atoms with Gasteiger partial charge in [-0.3, -0.25) is 19.6 Å². The van der Waals surface area contributed by atoms with E-state index in [1.165, 1.54) is 17.3 Å². The molecule has 2 aliphatic carbocycles. The third-order valence-corrected chi connectivity index (χ3v) is 11.0. The molecule has 6 rings (SSSR count). The first-order valence-electron chi connectivity index (χ1n) is 17.5. The van der Waals surface area contributed by atoms with Gasteiger partial charge in [0.2, 0.25) is 0 Å². The Morgan fingerprint density at radius 1 is 1.23 bits per heavy atom. The lowest BCUT2D eigenvalue weighted by Crippen LogP contribution is -2.49. The van der Waals surface area contributed by atoms with E-state index in [1.54, 1.807) is 44.9 Å². The summed E-state index contributed by atoms with van der Waals surface area (Å²) < 4.78 is 23.2. The number of hydrogen-bond donors (Lipinski definition) is 2. The van der Waals surface area contributed by atoms with Gasteiger partial charge in [0.05, 0.1) is 36.9 Å². The molecule has 0 bridgehead atoms. The zero-order valence-corrected chi connectivity index (χ0v) is 31.5. The lowest BCUT2D eigenvalue weighted by molar-refractivity contribution is -0.137. The molecule has 2 heterocycles. The van der Waals surface area contributed by atoms with Crippen LogP contribution in [0.4, 0.5) is 16.2 Å². The maximum absolute atomic E-state index is 13.4. The molecule has 1 aliphatic heterocycles. The number of rotatable bonds is 11. The molecule has 52 heavy (non-hydrogen) atoms. The molecule has 276 valence electrons. The van der Waals surface area contributed by atoms with E-state index in [9.17, 15) is 14.4 Å². The van der Waals surface area contributed by atoms with Gasteiger partial charge in [0.15, 0.2) is 0 Å². The molecule has 14 heteroatoms. The van der Waals surface area contributed by atoms with Gasteiger partial charge < -0.3 is 24.4 Å². The fourth-order valence-corrected chi connectivity index (χ4v) is 8.04. The molecule has 12 nitrogen and oxygen atoms in total. The number of halogens is 1. The van der Waals surface area contributed by atoms with Crippen molar-refractivity contribution in [3.63, 3.8) is 0 Å². The van der Waals surface area contributed by atoms with Crippen molar-refractivity contribution in [1.82, 2.24) is 15.1 Å². The maximum atomic E-state index is 13.4. The number of imide groups is 1. The van der Waals surface area contributed by atoms with Gasteiger partial charge in [0, 0.05) is 61.9 Å². The van der Waals surface area contributed by atoms with Gasteiger partial charge in [-0.1, -0.05) is 29.8 Å². The highest BCUT2D eigenvalue weighted by atomic mass is 35.5. The normalized spacial score (nSPS) is 21.7. The highest BCUT2D eigenvalue weighted by Crippen LogP contribution is 2.47.